The number of nitrogens with zero attached hydrogens (tertiary/aromatic N) is 2. The van der Waals surface area contributed by atoms with Gasteiger partial charge in [0.2, 0.25) is 0 Å². The van der Waals surface area contributed by atoms with Gasteiger partial charge in [-0.1, -0.05) is 18.2 Å². The molecule has 96 valence electrons. The van der Waals surface area contributed by atoms with E-state index in [-0.39, 0.29) is 5.56 Å². The van der Waals surface area contributed by atoms with Crippen molar-refractivity contribution in [2.75, 3.05) is 0 Å². The first-order valence-corrected chi connectivity index (χ1v) is 5.91. The molecule has 2 N–H and O–H groups in total. The maximum absolute atomic E-state index is 11.2. The summed E-state index contributed by atoms with van der Waals surface area (Å²) in [4.78, 5) is 18.6. The van der Waals surface area contributed by atoms with E-state index in [1.165, 1.54) is 6.07 Å². The molecule has 0 fully saturated rings. The van der Waals surface area contributed by atoms with Crippen molar-refractivity contribution in [3.63, 3.8) is 0 Å². The lowest BCUT2D eigenvalue weighted by atomic mass is 10.1. The molecule has 0 aliphatic rings. The molecule has 5 heteroatoms. The standard InChI is InChI=1S/C15H9N3O2/c16-8-9-3-1-4-10(7-9)14-17-12-6-2-5-11(15(19)20)13(12)18-14/h1-7H,(H,17,18)(H,19,20). The number of nitrogens with one attached hydrogen (secondary N) is 1. The lowest BCUT2D eigenvalue weighted by Gasteiger charge is -1.96. The van der Waals surface area contributed by atoms with E-state index in [0.29, 0.717) is 22.4 Å². The van der Waals surface area contributed by atoms with E-state index < -0.39 is 5.97 Å². The molecule has 0 amide bonds. The summed E-state index contributed by atoms with van der Waals surface area (Å²) in [5.41, 5.74) is 2.50. The monoisotopic (exact) mass is 263 g/mol. The van der Waals surface area contributed by atoms with Crippen molar-refractivity contribution in [1.82, 2.24) is 9.97 Å². The summed E-state index contributed by atoms with van der Waals surface area (Å²) in [5.74, 6) is -0.467. The molecular formula is C15H9N3O2. The van der Waals surface area contributed by atoms with Crippen LogP contribution in [0.1, 0.15) is 15.9 Å². The molecule has 0 bridgehead atoms. The van der Waals surface area contributed by atoms with Crippen molar-refractivity contribution in [3.05, 3.63) is 53.6 Å². The highest BCUT2D eigenvalue weighted by Crippen LogP contribution is 2.23. The van der Waals surface area contributed by atoms with Crippen molar-refractivity contribution in [3.8, 4) is 17.5 Å². The van der Waals surface area contributed by atoms with Gasteiger partial charge in [-0.25, -0.2) is 9.78 Å². The van der Waals surface area contributed by atoms with Crippen molar-refractivity contribution in [2.45, 2.75) is 0 Å². The fraction of sp³-hybridized carbons (Fsp3) is 0. The van der Waals surface area contributed by atoms with Crippen LogP contribution in [0.2, 0.25) is 0 Å². The van der Waals surface area contributed by atoms with Crippen LogP contribution in [-0.4, -0.2) is 21.0 Å². The SMILES string of the molecule is N#Cc1cccc(-c2nc3c(C(=O)O)cccc3[nH]2)c1. The Kier molecular flexibility index (Phi) is 2.70. The first kappa shape index (κ1) is 11.9. The molecule has 0 saturated carbocycles. The zero-order chi connectivity index (χ0) is 14.1. The van der Waals surface area contributed by atoms with Crippen LogP contribution in [0, 0.1) is 11.3 Å². The number of H-pyrrole nitrogens is 1. The molecule has 0 unspecified atom stereocenters. The molecule has 3 rings (SSSR count). The Morgan fingerprint density at radius 2 is 2.05 bits per heavy atom. The summed E-state index contributed by atoms with van der Waals surface area (Å²) in [6.07, 6.45) is 0. The molecule has 3 aromatic rings. The number of para-hydroxylation sites is 1. The first-order chi connectivity index (χ1) is 9.69. The van der Waals surface area contributed by atoms with Gasteiger partial charge in [0.1, 0.15) is 11.3 Å². The van der Waals surface area contributed by atoms with E-state index in [9.17, 15) is 4.79 Å². The minimum absolute atomic E-state index is 0.154. The summed E-state index contributed by atoms with van der Waals surface area (Å²) in [7, 11) is 0. The van der Waals surface area contributed by atoms with Gasteiger partial charge < -0.3 is 10.1 Å². The number of fused-ring (bicyclic) bond motifs is 1. The Balaban J connectivity index is 2.21. The second kappa shape index (κ2) is 4.52. The van der Waals surface area contributed by atoms with Crippen LogP contribution in [0.4, 0.5) is 0 Å². The van der Waals surface area contributed by atoms with Crippen LogP contribution >= 0.6 is 0 Å². The van der Waals surface area contributed by atoms with Crippen LogP contribution in [-0.2, 0) is 0 Å². The highest BCUT2D eigenvalue weighted by molar-refractivity contribution is 6.01. The van der Waals surface area contributed by atoms with Crippen LogP contribution in [0.5, 0.6) is 0 Å². The number of imidazole rings is 1. The fourth-order valence-corrected chi connectivity index (χ4v) is 2.08. The lowest BCUT2D eigenvalue weighted by Crippen LogP contribution is -1.96. The van der Waals surface area contributed by atoms with Gasteiger partial charge >= 0.3 is 5.97 Å². The van der Waals surface area contributed by atoms with Crippen molar-refractivity contribution < 1.29 is 9.90 Å². The number of carbonyl (C=O) groups is 1. The van der Waals surface area contributed by atoms with Crippen LogP contribution < -0.4 is 0 Å². The minimum atomic E-state index is -1.01. The van der Waals surface area contributed by atoms with Gasteiger partial charge in [-0.15, -0.1) is 0 Å². The van der Waals surface area contributed by atoms with Gasteiger partial charge in [0.15, 0.2) is 0 Å². The third kappa shape index (κ3) is 1.89. The largest absolute Gasteiger partial charge is 0.478 e. The number of carboxylic acid groups (broad SMARTS) is 1. The normalized spacial score (nSPS) is 10.3. The molecule has 0 radical (unpaired) electrons. The predicted molar refractivity (Wildman–Crippen MR) is 73.2 cm³/mol. The van der Waals surface area contributed by atoms with Crippen LogP contribution in [0.3, 0.4) is 0 Å². The number of rotatable bonds is 2. The molecular weight excluding hydrogens is 254 g/mol. The van der Waals surface area contributed by atoms with Crippen LogP contribution in [0.15, 0.2) is 42.5 Å². The van der Waals surface area contributed by atoms with Gasteiger partial charge in [-0.3, -0.25) is 0 Å². The topological polar surface area (TPSA) is 89.8 Å². The number of benzene rings is 2. The van der Waals surface area contributed by atoms with Crippen molar-refractivity contribution in [2.24, 2.45) is 0 Å². The van der Waals surface area contributed by atoms with Crippen LogP contribution in [0.25, 0.3) is 22.4 Å². The molecule has 0 aliphatic heterocycles. The molecule has 20 heavy (non-hydrogen) atoms. The first-order valence-electron chi connectivity index (χ1n) is 5.91. The van der Waals surface area contributed by atoms with Gasteiger partial charge in [0.05, 0.1) is 22.7 Å². The Labute approximate surface area is 114 Å². The Morgan fingerprint density at radius 3 is 2.80 bits per heavy atom. The fourth-order valence-electron chi connectivity index (χ4n) is 2.08. The molecule has 5 nitrogen and oxygen atoms in total. The summed E-state index contributed by atoms with van der Waals surface area (Å²) in [6.45, 7) is 0. The van der Waals surface area contributed by atoms with Gasteiger partial charge in [0, 0.05) is 5.56 Å². The van der Waals surface area contributed by atoms with E-state index >= 15 is 0 Å². The van der Waals surface area contributed by atoms with Crippen molar-refractivity contribution in [1.29, 1.82) is 5.26 Å². The predicted octanol–water partition coefficient (Wildman–Crippen LogP) is 2.80. The third-order valence-electron chi connectivity index (χ3n) is 3.01. The third-order valence-corrected chi connectivity index (χ3v) is 3.01. The Hall–Kier alpha value is -3.13. The Morgan fingerprint density at radius 1 is 1.25 bits per heavy atom. The van der Waals surface area contributed by atoms with Gasteiger partial charge in [-0.2, -0.15) is 5.26 Å². The summed E-state index contributed by atoms with van der Waals surface area (Å²) in [5, 5.41) is 18.1. The number of hydrogen-bond acceptors (Lipinski definition) is 3. The minimum Gasteiger partial charge on any atom is -0.478 e. The zero-order valence-electron chi connectivity index (χ0n) is 10.3. The summed E-state index contributed by atoms with van der Waals surface area (Å²) >= 11 is 0. The quantitative estimate of drug-likeness (QED) is 0.743. The average molecular weight is 263 g/mol. The molecule has 0 aliphatic carbocycles. The number of hydrogen-bond donors (Lipinski definition) is 2. The molecule has 2 aromatic carbocycles. The summed E-state index contributed by atoms with van der Waals surface area (Å²) in [6, 6.07) is 14.0. The maximum atomic E-state index is 11.2. The number of nitriles is 1. The molecule has 0 saturated heterocycles. The van der Waals surface area contributed by atoms with Gasteiger partial charge in [0.25, 0.3) is 0 Å². The molecule has 1 aromatic heterocycles. The lowest BCUT2D eigenvalue weighted by molar-refractivity contribution is 0.0699. The van der Waals surface area contributed by atoms with Crippen molar-refractivity contribution >= 4 is 17.0 Å². The molecule has 0 atom stereocenters. The highest BCUT2D eigenvalue weighted by atomic mass is 16.4. The number of aromatic nitrogens is 2. The molecule has 1 heterocycles. The van der Waals surface area contributed by atoms with E-state index in [1.807, 2.05) is 6.07 Å². The smallest absolute Gasteiger partial charge is 0.337 e. The van der Waals surface area contributed by atoms with E-state index in [0.717, 1.165) is 5.56 Å². The average Bonchev–Trinajstić information content (AvgIpc) is 2.91. The van der Waals surface area contributed by atoms with E-state index in [1.54, 1.807) is 30.3 Å². The van der Waals surface area contributed by atoms with Gasteiger partial charge in [-0.05, 0) is 24.3 Å². The number of aromatic carboxylic acids is 1. The number of carboxylic acids is 1. The van der Waals surface area contributed by atoms with E-state index in [4.69, 9.17) is 10.4 Å². The Bertz CT molecular complexity index is 859. The second-order valence-corrected chi connectivity index (χ2v) is 4.28. The number of aromatic amines is 1. The highest BCUT2D eigenvalue weighted by Gasteiger charge is 2.13. The second-order valence-electron chi connectivity index (χ2n) is 4.28. The summed E-state index contributed by atoms with van der Waals surface area (Å²) < 4.78 is 0. The maximum Gasteiger partial charge on any atom is 0.337 e. The van der Waals surface area contributed by atoms with E-state index in [2.05, 4.69) is 16.0 Å². The zero-order valence-corrected chi connectivity index (χ0v) is 10.3. The molecule has 0 spiro atoms.